The Morgan fingerprint density at radius 1 is 0.603 bits per heavy atom. The average Bonchev–Trinajstić information content (AvgIpc) is 3.66. The Morgan fingerprint density at radius 2 is 1.07 bits per heavy atom. The molecule has 0 saturated carbocycles. The highest BCUT2D eigenvalue weighted by Gasteiger charge is 2.43. The van der Waals surface area contributed by atoms with E-state index in [1.54, 1.807) is 17.4 Å². The largest absolute Gasteiger partial charge is 0.507 e. The Bertz CT molecular complexity index is 2310. The number of thiophene rings is 1. The normalized spacial score (nSPS) is 19.4. The third-order valence-electron chi connectivity index (χ3n) is 14.0. The Hall–Kier alpha value is -5.01. The Balaban J connectivity index is 1.16. The molecule has 0 unspecified atom stereocenters. The predicted molar refractivity (Wildman–Crippen MR) is 243 cm³/mol. The number of carbonyl (C=O) groups is 1. The van der Waals surface area contributed by atoms with Gasteiger partial charge in [0.05, 0.1) is 0 Å². The third-order valence-corrected chi connectivity index (χ3v) is 15.1. The number of benzene rings is 4. The van der Waals surface area contributed by atoms with E-state index in [4.69, 9.17) is 0 Å². The van der Waals surface area contributed by atoms with E-state index in [9.17, 15) is 15.0 Å². The molecule has 58 heavy (non-hydrogen) atoms. The van der Waals surface area contributed by atoms with Crippen LogP contribution in [0.15, 0.2) is 78.9 Å². The van der Waals surface area contributed by atoms with Crippen LogP contribution in [0, 0.1) is 0 Å². The fourth-order valence-electron chi connectivity index (χ4n) is 9.94. The molecule has 7 heteroatoms. The molecule has 0 radical (unpaired) electrons. The number of anilines is 5. The molecule has 0 bridgehead atoms. The fraction of sp³-hybridized carbons (Fsp3) is 0.392. The highest BCUT2D eigenvalue weighted by molar-refractivity contribution is 7.16. The third kappa shape index (κ3) is 6.50. The van der Waals surface area contributed by atoms with Gasteiger partial charge in [0.25, 0.3) is 0 Å². The van der Waals surface area contributed by atoms with Crippen LogP contribution in [0.3, 0.4) is 0 Å². The second kappa shape index (κ2) is 13.5. The van der Waals surface area contributed by atoms with Gasteiger partial charge in [-0.15, -0.1) is 11.3 Å². The summed E-state index contributed by atoms with van der Waals surface area (Å²) in [6.45, 7) is 24.0. The molecule has 4 aliphatic rings. The lowest BCUT2D eigenvalue weighted by Crippen LogP contribution is -2.45. The van der Waals surface area contributed by atoms with Crippen molar-refractivity contribution in [3.05, 3.63) is 117 Å². The van der Waals surface area contributed by atoms with E-state index in [0.717, 1.165) is 73.6 Å². The van der Waals surface area contributed by atoms with E-state index in [1.165, 1.54) is 62.0 Å². The van der Waals surface area contributed by atoms with E-state index < -0.39 is 5.97 Å². The van der Waals surface area contributed by atoms with Crippen LogP contribution in [0.2, 0.25) is 0 Å². The Labute approximate surface area is 348 Å². The molecule has 0 aliphatic carbocycles. The molecule has 0 saturated heterocycles. The summed E-state index contributed by atoms with van der Waals surface area (Å²) in [6.07, 6.45) is 8.49. The van der Waals surface area contributed by atoms with Crippen molar-refractivity contribution in [1.82, 2.24) is 0 Å². The number of phenols is 1. The SMILES string of the molecule is CC1(C)CCN2CCC(C)(C)c3cc(N(c4ccc(-c5ccc(C=Cc6ccc(O)c(C(=O)O)c6)s5)cc4)c4cc5c6c(c4)C(C)(C)CCN6CCC5(C)C)cc1c32. The summed E-state index contributed by atoms with van der Waals surface area (Å²) < 4.78 is 0. The van der Waals surface area contributed by atoms with Crippen molar-refractivity contribution in [3.8, 4) is 16.2 Å². The number of aromatic carboxylic acids is 1. The summed E-state index contributed by atoms with van der Waals surface area (Å²) in [5.41, 5.74) is 14.5. The zero-order chi connectivity index (χ0) is 40.9. The van der Waals surface area contributed by atoms with E-state index in [1.807, 2.05) is 12.2 Å². The number of carboxylic acid groups (broad SMARTS) is 1. The number of hydrogen-bond acceptors (Lipinski definition) is 6. The predicted octanol–water partition coefficient (Wildman–Crippen LogP) is 12.8. The zero-order valence-electron chi connectivity index (χ0n) is 35.4. The maximum Gasteiger partial charge on any atom is 0.339 e. The molecule has 4 aliphatic heterocycles. The first-order chi connectivity index (χ1) is 27.4. The summed E-state index contributed by atoms with van der Waals surface area (Å²) >= 11 is 1.70. The average molecular weight is 792 g/mol. The minimum Gasteiger partial charge on any atom is -0.507 e. The van der Waals surface area contributed by atoms with Gasteiger partial charge in [-0.3, -0.25) is 0 Å². The maximum atomic E-state index is 11.6. The van der Waals surface area contributed by atoms with E-state index >= 15 is 0 Å². The lowest BCUT2D eigenvalue weighted by molar-refractivity contribution is 0.0693. The van der Waals surface area contributed by atoms with Gasteiger partial charge in [0, 0.05) is 64.4 Å². The Kier molecular flexibility index (Phi) is 8.98. The van der Waals surface area contributed by atoms with Gasteiger partial charge >= 0.3 is 5.97 Å². The number of rotatable bonds is 7. The van der Waals surface area contributed by atoms with Gasteiger partial charge in [-0.05, 0) is 147 Å². The molecular formula is C51H57N3O3S. The molecule has 6 nitrogen and oxygen atoms in total. The maximum absolute atomic E-state index is 11.6. The molecule has 0 amide bonds. The first-order valence-corrected chi connectivity index (χ1v) is 21.9. The van der Waals surface area contributed by atoms with Crippen molar-refractivity contribution in [2.24, 2.45) is 0 Å². The van der Waals surface area contributed by atoms with Crippen molar-refractivity contribution in [2.75, 3.05) is 40.9 Å². The first-order valence-electron chi connectivity index (χ1n) is 21.0. The minimum atomic E-state index is -1.14. The van der Waals surface area contributed by atoms with Crippen LogP contribution in [-0.2, 0) is 21.7 Å². The summed E-state index contributed by atoms with van der Waals surface area (Å²) in [7, 11) is 0. The monoisotopic (exact) mass is 791 g/mol. The van der Waals surface area contributed by atoms with Crippen LogP contribution >= 0.6 is 11.3 Å². The molecule has 0 atom stereocenters. The van der Waals surface area contributed by atoms with E-state index in [-0.39, 0.29) is 33.0 Å². The van der Waals surface area contributed by atoms with Crippen molar-refractivity contribution < 1.29 is 15.0 Å². The molecule has 4 aromatic carbocycles. The fourth-order valence-corrected chi connectivity index (χ4v) is 10.9. The topological polar surface area (TPSA) is 67.2 Å². The smallest absolute Gasteiger partial charge is 0.339 e. The lowest BCUT2D eigenvalue weighted by Gasteiger charge is -2.49. The van der Waals surface area contributed by atoms with E-state index in [0.29, 0.717) is 0 Å². The Morgan fingerprint density at radius 3 is 1.52 bits per heavy atom. The number of carboxylic acids is 1. The standard InChI is InChI=1S/C51H57N3O3S/c1-48(2)19-23-52-24-20-49(3,4)40-29-35(28-39(48)45(40)52)54(36-30-41-46-42(31-36)51(7,8)22-26-53(46)25-21-50(41,5)6)34-13-11-33(12-14-34)44-18-16-37(58-44)15-9-32-10-17-43(55)38(27-32)47(56)57/h9-18,27-31,55H,19-26H2,1-8H3,(H,56,57). The van der Waals surface area contributed by atoms with Gasteiger partial charge in [0.1, 0.15) is 11.3 Å². The van der Waals surface area contributed by atoms with Crippen LogP contribution < -0.4 is 14.7 Å². The molecule has 0 fully saturated rings. The second-order valence-corrected chi connectivity index (χ2v) is 20.9. The molecule has 9 rings (SSSR count). The van der Waals surface area contributed by atoms with Crippen molar-refractivity contribution >= 4 is 57.9 Å². The van der Waals surface area contributed by atoms with Gasteiger partial charge in [0.15, 0.2) is 0 Å². The van der Waals surface area contributed by atoms with Crippen LogP contribution in [0.5, 0.6) is 5.75 Å². The molecule has 300 valence electrons. The molecule has 1 aromatic heterocycles. The van der Waals surface area contributed by atoms with Crippen molar-refractivity contribution in [3.63, 3.8) is 0 Å². The van der Waals surface area contributed by atoms with Crippen molar-refractivity contribution in [1.29, 1.82) is 0 Å². The van der Waals surface area contributed by atoms with Crippen molar-refractivity contribution in [2.45, 2.75) is 103 Å². The number of hydrogen-bond donors (Lipinski definition) is 2. The molecule has 0 spiro atoms. The van der Waals surface area contributed by atoms with Gasteiger partial charge < -0.3 is 24.9 Å². The van der Waals surface area contributed by atoms with Gasteiger partial charge in [0.2, 0.25) is 0 Å². The summed E-state index contributed by atoms with van der Waals surface area (Å²) in [5, 5.41) is 19.4. The molecule has 5 aromatic rings. The number of aromatic hydroxyl groups is 1. The molecule has 2 N–H and O–H groups in total. The van der Waals surface area contributed by atoms with Crippen LogP contribution in [0.25, 0.3) is 22.6 Å². The number of nitrogens with zero attached hydrogens (tertiary/aromatic N) is 3. The highest BCUT2D eigenvalue weighted by atomic mass is 32.1. The van der Waals surface area contributed by atoms with Crippen LogP contribution in [0.4, 0.5) is 28.4 Å². The molecular weight excluding hydrogens is 735 g/mol. The summed E-state index contributed by atoms with van der Waals surface area (Å²) in [6, 6.07) is 28.1. The second-order valence-electron chi connectivity index (χ2n) is 19.8. The highest BCUT2D eigenvalue weighted by Crippen LogP contribution is 2.55. The van der Waals surface area contributed by atoms with Gasteiger partial charge in [-0.25, -0.2) is 4.79 Å². The van der Waals surface area contributed by atoms with E-state index in [2.05, 4.69) is 131 Å². The quantitative estimate of drug-likeness (QED) is 0.171. The van der Waals surface area contributed by atoms with Crippen LogP contribution in [0.1, 0.15) is 124 Å². The van der Waals surface area contributed by atoms with Gasteiger partial charge in [-0.2, -0.15) is 0 Å². The zero-order valence-corrected chi connectivity index (χ0v) is 36.2. The first kappa shape index (κ1) is 38.5. The summed E-state index contributed by atoms with van der Waals surface area (Å²) in [5.74, 6) is -1.37. The molecule has 5 heterocycles. The summed E-state index contributed by atoms with van der Waals surface area (Å²) in [4.78, 5) is 21.7. The minimum absolute atomic E-state index is 0.0675. The van der Waals surface area contributed by atoms with Crippen LogP contribution in [-0.4, -0.2) is 42.4 Å². The van der Waals surface area contributed by atoms with Gasteiger partial charge in [-0.1, -0.05) is 79.7 Å². The lowest BCUT2D eigenvalue weighted by atomic mass is 9.69.